The van der Waals surface area contributed by atoms with Gasteiger partial charge in [-0.3, -0.25) is 9.78 Å². The molecule has 0 unspecified atom stereocenters. The maximum Gasteiger partial charge on any atom is 0.276 e. The van der Waals surface area contributed by atoms with Crippen LogP contribution in [0.1, 0.15) is 16.3 Å². The van der Waals surface area contributed by atoms with Gasteiger partial charge < -0.3 is 10.2 Å². The molecule has 0 bridgehead atoms. The predicted molar refractivity (Wildman–Crippen MR) is 111 cm³/mol. The molecule has 0 saturated carbocycles. The van der Waals surface area contributed by atoms with Crippen LogP contribution in [0.4, 0.5) is 17.2 Å². The van der Waals surface area contributed by atoms with E-state index < -0.39 is 0 Å². The third-order valence-corrected chi connectivity index (χ3v) is 4.40. The summed E-state index contributed by atoms with van der Waals surface area (Å²) in [6.45, 7) is 1.77. The Bertz CT molecular complexity index is 1140. The summed E-state index contributed by atoms with van der Waals surface area (Å²) in [5, 5.41) is 4.30. The molecule has 0 aliphatic carbocycles. The zero-order chi connectivity index (χ0) is 19.5. The van der Waals surface area contributed by atoms with Gasteiger partial charge >= 0.3 is 0 Å². The van der Waals surface area contributed by atoms with E-state index in [0.717, 1.165) is 22.3 Å². The van der Waals surface area contributed by atoms with E-state index in [0.29, 0.717) is 17.3 Å². The molecule has 0 aliphatic heterocycles. The number of anilines is 3. The van der Waals surface area contributed by atoms with Gasteiger partial charge in [0.2, 0.25) is 0 Å². The van der Waals surface area contributed by atoms with Gasteiger partial charge in [0.25, 0.3) is 5.91 Å². The molecule has 6 heteroatoms. The normalized spacial score (nSPS) is 10.6. The van der Waals surface area contributed by atoms with Gasteiger partial charge in [-0.15, -0.1) is 0 Å². The molecule has 0 atom stereocenters. The highest BCUT2D eigenvalue weighted by atomic mass is 16.2. The van der Waals surface area contributed by atoms with Crippen LogP contribution in [-0.4, -0.2) is 27.9 Å². The number of nitrogens with one attached hydrogen (secondary N) is 1. The number of carbonyl (C=O) groups excluding carboxylic acids is 1. The van der Waals surface area contributed by atoms with Crippen molar-refractivity contribution in [2.75, 3.05) is 17.3 Å². The molecule has 28 heavy (non-hydrogen) atoms. The fourth-order valence-electron chi connectivity index (χ4n) is 3.03. The number of fused-ring (bicyclic) bond motifs is 1. The summed E-state index contributed by atoms with van der Waals surface area (Å²) in [4.78, 5) is 27.7. The van der Waals surface area contributed by atoms with Gasteiger partial charge in [-0.2, -0.15) is 0 Å². The van der Waals surface area contributed by atoms with E-state index in [9.17, 15) is 4.79 Å². The average molecular weight is 369 g/mol. The van der Waals surface area contributed by atoms with Crippen LogP contribution in [0.2, 0.25) is 0 Å². The molecular weight excluding hydrogens is 350 g/mol. The van der Waals surface area contributed by atoms with E-state index in [2.05, 4.69) is 20.3 Å². The lowest BCUT2D eigenvalue weighted by molar-refractivity contribution is 0.0988. The minimum Gasteiger partial charge on any atom is -0.338 e. The van der Waals surface area contributed by atoms with Gasteiger partial charge in [-0.05, 0) is 31.2 Å². The standard InChI is InChI=1S/C22H19N5O/c1-15-24-19(22(28)27(2)17-10-4-3-5-11-17)14-20(25-15)26-18-12-6-8-16-9-7-13-23-21(16)18/h3-14H,1-2H3,(H,24,25,26). The van der Waals surface area contributed by atoms with Crippen molar-refractivity contribution in [2.24, 2.45) is 0 Å². The second-order valence-corrected chi connectivity index (χ2v) is 6.39. The number of para-hydroxylation sites is 2. The van der Waals surface area contributed by atoms with Crippen molar-refractivity contribution in [3.05, 3.63) is 84.4 Å². The van der Waals surface area contributed by atoms with Crippen LogP contribution in [0.3, 0.4) is 0 Å². The molecule has 6 nitrogen and oxygen atoms in total. The Morgan fingerprint density at radius 3 is 2.57 bits per heavy atom. The van der Waals surface area contributed by atoms with Crippen LogP contribution >= 0.6 is 0 Å². The first kappa shape index (κ1) is 17.6. The highest BCUT2D eigenvalue weighted by Gasteiger charge is 2.17. The summed E-state index contributed by atoms with van der Waals surface area (Å²) in [6, 6.07) is 20.9. The minimum absolute atomic E-state index is 0.198. The second-order valence-electron chi connectivity index (χ2n) is 6.39. The van der Waals surface area contributed by atoms with Crippen LogP contribution in [0.25, 0.3) is 10.9 Å². The second kappa shape index (κ2) is 7.44. The van der Waals surface area contributed by atoms with Gasteiger partial charge in [-0.1, -0.05) is 36.4 Å². The number of aromatic nitrogens is 3. The van der Waals surface area contributed by atoms with Crippen LogP contribution in [-0.2, 0) is 0 Å². The summed E-state index contributed by atoms with van der Waals surface area (Å²) >= 11 is 0. The number of pyridine rings is 1. The van der Waals surface area contributed by atoms with E-state index in [1.807, 2.05) is 60.7 Å². The first-order chi connectivity index (χ1) is 13.6. The van der Waals surface area contributed by atoms with E-state index in [-0.39, 0.29) is 5.91 Å². The Morgan fingerprint density at radius 2 is 1.75 bits per heavy atom. The Labute approximate surface area is 162 Å². The molecule has 0 fully saturated rings. The van der Waals surface area contributed by atoms with E-state index in [1.54, 1.807) is 31.1 Å². The zero-order valence-electron chi connectivity index (χ0n) is 15.6. The number of hydrogen-bond donors (Lipinski definition) is 1. The molecule has 1 amide bonds. The van der Waals surface area contributed by atoms with Crippen molar-refractivity contribution >= 4 is 34.0 Å². The van der Waals surface area contributed by atoms with Gasteiger partial charge in [0.15, 0.2) is 0 Å². The molecule has 2 heterocycles. The maximum absolute atomic E-state index is 12.9. The summed E-state index contributed by atoms with van der Waals surface area (Å²) in [7, 11) is 1.73. The number of rotatable bonds is 4. The molecule has 2 aromatic heterocycles. The van der Waals surface area contributed by atoms with Gasteiger partial charge in [-0.25, -0.2) is 9.97 Å². The highest BCUT2D eigenvalue weighted by Crippen LogP contribution is 2.24. The molecule has 1 N–H and O–H groups in total. The van der Waals surface area contributed by atoms with Crippen LogP contribution in [0.15, 0.2) is 72.9 Å². The Hall–Kier alpha value is -3.80. The molecule has 0 saturated heterocycles. The van der Waals surface area contributed by atoms with Gasteiger partial charge in [0, 0.05) is 30.4 Å². The first-order valence-corrected chi connectivity index (χ1v) is 8.91. The minimum atomic E-state index is -0.198. The quantitative estimate of drug-likeness (QED) is 0.579. The number of amides is 1. The molecule has 138 valence electrons. The predicted octanol–water partition coefficient (Wildman–Crippen LogP) is 4.35. The van der Waals surface area contributed by atoms with Crippen molar-refractivity contribution in [3.8, 4) is 0 Å². The number of aryl methyl sites for hydroxylation is 1. The molecular formula is C22H19N5O. The number of hydrogen-bond acceptors (Lipinski definition) is 5. The van der Waals surface area contributed by atoms with Crippen molar-refractivity contribution in [1.29, 1.82) is 0 Å². The molecule has 2 aromatic carbocycles. The van der Waals surface area contributed by atoms with Crippen molar-refractivity contribution < 1.29 is 4.79 Å². The largest absolute Gasteiger partial charge is 0.338 e. The first-order valence-electron chi connectivity index (χ1n) is 8.91. The Kier molecular flexibility index (Phi) is 4.68. The molecule has 0 spiro atoms. The third-order valence-electron chi connectivity index (χ3n) is 4.40. The van der Waals surface area contributed by atoms with Gasteiger partial charge in [0.1, 0.15) is 17.3 Å². The van der Waals surface area contributed by atoms with Crippen molar-refractivity contribution in [3.63, 3.8) is 0 Å². The topological polar surface area (TPSA) is 71.0 Å². The third kappa shape index (κ3) is 3.53. The number of nitrogens with zero attached hydrogens (tertiary/aromatic N) is 4. The van der Waals surface area contributed by atoms with E-state index in [1.165, 1.54) is 0 Å². The van der Waals surface area contributed by atoms with E-state index in [4.69, 9.17) is 0 Å². The number of benzene rings is 2. The summed E-state index contributed by atoms with van der Waals surface area (Å²) in [5.74, 6) is 0.870. The number of carbonyl (C=O) groups is 1. The molecule has 4 aromatic rings. The highest BCUT2D eigenvalue weighted by molar-refractivity contribution is 6.05. The fourth-order valence-corrected chi connectivity index (χ4v) is 3.03. The van der Waals surface area contributed by atoms with Crippen LogP contribution < -0.4 is 10.2 Å². The lowest BCUT2D eigenvalue weighted by Gasteiger charge is -2.17. The summed E-state index contributed by atoms with van der Waals surface area (Å²) < 4.78 is 0. The van der Waals surface area contributed by atoms with Crippen molar-refractivity contribution in [2.45, 2.75) is 6.92 Å². The maximum atomic E-state index is 12.9. The molecule has 0 radical (unpaired) electrons. The lowest BCUT2D eigenvalue weighted by atomic mass is 10.2. The monoisotopic (exact) mass is 369 g/mol. The van der Waals surface area contributed by atoms with Crippen molar-refractivity contribution in [1.82, 2.24) is 15.0 Å². The van der Waals surface area contributed by atoms with E-state index >= 15 is 0 Å². The zero-order valence-corrected chi connectivity index (χ0v) is 15.6. The van der Waals surface area contributed by atoms with Crippen LogP contribution in [0, 0.1) is 6.92 Å². The lowest BCUT2D eigenvalue weighted by Crippen LogP contribution is -2.27. The summed E-state index contributed by atoms with van der Waals surface area (Å²) in [6.07, 6.45) is 1.75. The average Bonchev–Trinajstić information content (AvgIpc) is 2.73. The Morgan fingerprint density at radius 1 is 0.964 bits per heavy atom. The Balaban J connectivity index is 1.66. The van der Waals surface area contributed by atoms with Gasteiger partial charge in [0.05, 0.1) is 11.2 Å². The summed E-state index contributed by atoms with van der Waals surface area (Å²) in [5.41, 5.74) is 2.80. The molecule has 0 aliphatic rings. The van der Waals surface area contributed by atoms with Crippen LogP contribution in [0.5, 0.6) is 0 Å². The SMILES string of the molecule is Cc1nc(Nc2cccc3cccnc23)cc(C(=O)N(C)c2ccccc2)n1. The molecule has 4 rings (SSSR count). The fraction of sp³-hybridized carbons (Fsp3) is 0.0909. The smallest absolute Gasteiger partial charge is 0.276 e.